The Morgan fingerprint density at radius 2 is 2.31 bits per heavy atom. The average molecular weight is 175 g/mol. The molecular formula is C12H17N. The van der Waals surface area contributed by atoms with Crippen molar-refractivity contribution in [3.8, 4) is 0 Å². The van der Waals surface area contributed by atoms with E-state index in [0.29, 0.717) is 0 Å². The van der Waals surface area contributed by atoms with E-state index in [2.05, 4.69) is 30.4 Å². The molecule has 0 bridgehead atoms. The molecule has 70 valence electrons. The van der Waals surface area contributed by atoms with Crippen LogP contribution in [-0.4, -0.2) is 13.6 Å². The first kappa shape index (κ1) is 8.76. The van der Waals surface area contributed by atoms with Gasteiger partial charge in [0.25, 0.3) is 0 Å². The van der Waals surface area contributed by atoms with E-state index in [0.717, 1.165) is 12.5 Å². The van der Waals surface area contributed by atoms with E-state index in [9.17, 15) is 0 Å². The van der Waals surface area contributed by atoms with Crippen LogP contribution >= 0.6 is 0 Å². The molecule has 0 heterocycles. The summed E-state index contributed by atoms with van der Waals surface area (Å²) in [5.74, 6) is 0.750. The van der Waals surface area contributed by atoms with Crippen molar-refractivity contribution < 1.29 is 0 Å². The lowest BCUT2D eigenvalue weighted by atomic mass is 9.99. The van der Waals surface area contributed by atoms with Crippen molar-refractivity contribution in [3.63, 3.8) is 0 Å². The third-order valence-corrected chi connectivity index (χ3v) is 3.08. The highest BCUT2D eigenvalue weighted by molar-refractivity contribution is 5.40. The molecule has 1 unspecified atom stereocenters. The van der Waals surface area contributed by atoms with Gasteiger partial charge in [0.05, 0.1) is 0 Å². The Morgan fingerprint density at radius 1 is 1.46 bits per heavy atom. The highest BCUT2D eigenvalue weighted by Crippen LogP contribution is 2.34. The molecule has 2 rings (SSSR count). The molecule has 1 nitrogen and oxygen atoms in total. The first-order chi connectivity index (χ1) is 6.33. The Labute approximate surface area is 80.2 Å². The van der Waals surface area contributed by atoms with Gasteiger partial charge in [-0.1, -0.05) is 18.2 Å². The number of hydrogen-bond donors (Lipinski definition) is 1. The second-order valence-corrected chi connectivity index (χ2v) is 3.94. The molecule has 0 amide bonds. The van der Waals surface area contributed by atoms with Gasteiger partial charge in [0.1, 0.15) is 0 Å². The second kappa shape index (κ2) is 3.51. The second-order valence-electron chi connectivity index (χ2n) is 3.94. The minimum atomic E-state index is 0.750. The van der Waals surface area contributed by atoms with Crippen molar-refractivity contribution in [1.82, 2.24) is 5.32 Å². The van der Waals surface area contributed by atoms with Crippen LogP contribution in [0.25, 0.3) is 0 Å². The number of rotatable bonds is 2. The zero-order chi connectivity index (χ0) is 9.26. The summed E-state index contributed by atoms with van der Waals surface area (Å²) < 4.78 is 0. The van der Waals surface area contributed by atoms with E-state index in [4.69, 9.17) is 0 Å². The molecule has 0 aromatic heterocycles. The van der Waals surface area contributed by atoms with Crippen LogP contribution in [0.3, 0.4) is 0 Å². The van der Waals surface area contributed by atoms with Crippen molar-refractivity contribution >= 4 is 0 Å². The molecule has 0 spiro atoms. The van der Waals surface area contributed by atoms with Crippen molar-refractivity contribution in [3.05, 3.63) is 34.9 Å². The average Bonchev–Trinajstić information content (AvgIpc) is 2.51. The summed E-state index contributed by atoms with van der Waals surface area (Å²) in [6.07, 6.45) is 2.59. The number of benzene rings is 1. The van der Waals surface area contributed by atoms with E-state index in [1.807, 2.05) is 7.05 Å². The van der Waals surface area contributed by atoms with Crippen molar-refractivity contribution in [1.29, 1.82) is 0 Å². The van der Waals surface area contributed by atoms with Crippen LogP contribution in [0.2, 0.25) is 0 Å². The van der Waals surface area contributed by atoms with Gasteiger partial charge < -0.3 is 5.32 Å². The molecule has 0 saturated carbocycles. The number of nitrogens with one attached hydrogen (secondary N) is 1. The SMILES string of the molecule is CNCC1CCc2c(C)cccc21. The van der Waals surface area contributed by atoms with E-state index in [1.54, 1.807) is 11.1 Å². The number of hydrogen-bond acceptors (Lipinski definition) is 1. The van der Waals surface area contributed by atoms with Crippen LogP contribution in [0.4, 0.5) is 0 Å². The fourth-order valence-corrected chi connectivity index (χ4v) is 2.38. The summed E-state index contributed by atoms with van der Waals surface area (Å²) in [5.41, 5.74) is 4.65. The number of likely N-dealkylation sites (N-methyl/N-ethyl adjacent to an activating group) is 1. The van der Waals surface area contributed by atoms with Crippen molar-refractivity contribution in [2.45, 2.75) is 25.7 Å². The highest BCUT2D eigenvalue weighted by atomic mass is 14.8. The minimum Gasteiger partial charge on any atom is -0.319 e. The van der Waals surface area contributed by atoms with Gasteiger partial charge in [-0.3, -0.25) is 0 Å². The predicted octanol–water partition coefficient (Wildman–Crippen LogP) is 2.24. The van der Waals surface area contributed by atoms with Gasteiger partial charge in [-0.25, -0.2) is 0 Å². The third kappa shape index (κ3) is 1.49. The third-order valence-electron chi connectivity index (χ3n) is 3.08. The molecule has 1 heteroatoms. The zero-order valence-corrected chi connectivity index (χ0v) is 8.43. The Hall–Kier alpha value is -0.820. The number of aryl methyl sites for hydroxylation is 1. The molecule has 1 aliphatic rings. The maximum Gasteiger partial charge on any atom is 0.00173 e. The van der Waals surface area contributed by atoms with E-state index in [1.165, 1.54) is 18.4 Å². The molecule has 0 aliphatic heterocycles. The molecule has 1 aromatic rings. The largest absolute Gasteiger partial charge is 0.319 e. The van der Waals surface area contributed by atoms with Crippen molar-refractivity contribution in [2.24, 2.45) is 0 Å². The maximum absolute atomic E-state index is 3.27. The molecule has 1 aliphatic carbocycles. The van der Waals surface area contributed by atoms with Crippen LogP contribution in [0, 0.1) is 6.92 Å². The predicted molar refractivity (Wildman–Crippen MR) is 56.2 cm³/mol. The first-order valence-electron chi connectivity index (χ1n) is 5.06. The quantitative estimate of drug-likeness (QED) is 0.727. The van der Waals surface area contributed by atoms with Gasteiger partial charge in [0, 0.05) is 6.54 Å². The molecular weight excluding hydrogens is 158 g/mol. The summed E-state index contributed by atoms with van der Waals surface area (Å²) >= 11 is 0. The van der Waals surface area contributed by atoms with Gasteiger partial charge in [0.15, 0.2) is 0 Å². The lowest BCUT2D eigenvalue weighted by molar-refractivity contribution is 0.623. The van der Waals surface area contributed by atoms with Gasteiger partial charge in [-0.15, -0.1) is 0 Å². The highest BCUT2D eigenvalue weighted by Gasteiger charge is 2.22. The smallest absolute Gasteiger partial charge is 0.00173 e. The first-order valence-corrected chi connectivity index (χ1v) is 5.06. The molecule has 1 aromatic carbocycles. The number of fused-ring (bicyclic) bond motifs is 1. The lowest BCUT2D eigenvalue weighted by Crippen LogP contribution is -2.15. The van der Waals surface area contributed by atoms with Gasteiger partial charge >= 0.3 is 0 Å². The Morgan fingerprint density at radius 3 is 3.08 bits per heavy atom. The maximum atomic E-state index is 3.27. The molecule has 0 fully saturated rings. The van der Waals surface area contributed by atoms with Gasteiger partial charge in [-0.05, 0) is 49.4 Å². The fourth-order valence-electron chi connectivity index (χ4n) is 2.38. The normalized spacial score (nSPS) is 20.3. The van der Waals surface area contributed by atoms with Crippen LogP contribution < -0.4 is 5.32 Å². The van der Waals surface area contributed by atoms with Gasteiger partial charge in [-0.2, -0.15) is 0 Å². The van der Waals surface area contributed by atoms with Crippen LogP contribution in [0.15, 0.2) is 18.2 Å². The standard InChI is InChI=1S/C12H17N/c1-9-4-3-5-12-10(8-13-2)6-7-11(9)12/h3-5,10,13H,6-8H2,1-2H3. The van der Waals surface area contributed by atoms with E-state index in [-0.39, 0.29) is 0 Å². The summed E-state index contributed by atoms with van der Waals surface area (Å²) in [6.45, 7) is 3.34. The molecule has 1 atom stereocenters. The summed E-state index contributed by atoms with van der Waals surface area (Å²) in [4.78, 5) is 0. The Kier molecular flexibility index (Phi) is 2.36. The lowest BCUT2D eigenvalue weighted by Gasteiger charge is -2.10. The summed E-state index contributed by atoms with van der Waals surface area (Å²) in [6, 6.07) is 6.69. The fraction of sp³-hybridized carbons (Fsp3) is 0.500. The minimum absolute atomic E-state index is 0.750. The summed E-state index contributed by atoms with van der Waals surface area (Å²) in [5, 5.41) is 3.27. The Bertz CT molecular complexity index is 304. The van der Waals surface area contributed by atoms with E-state index < -0.39 is 0 Å². The van der Waals surface area contributed by atoms with Gasteiger partial charge in [0.2, 0.25) is 0 Å². The van der Waals surface area contributed by atoms with Crippen LogP contribution in [0.5, 0.6) is 0 Å². The molecule has 1 N–H and O–H groups in total. The Balaban J connectivity index is 2.32. The van der Waals surface area contributed by atoms with Crippen molar-refractivity contribution in [2.75, 3.05) is 13.6 Å². The van der Waals surface area contributed by atoms with Crippen LogP contribution in [-0.2, 0) is 6.42 Å². The topological polar surface area (TPSA) is 12.0 Å². The molecule has 0 saturated heterocycles. The van der Waals surface area contributed by atoms with Crippen LogP contribution in [0.1, 0.15) is 29.0 Å². The monoisotopic (exact) mass is 175 g/mol. The molecule has 0 radical (unpaired) electrons. The zero-order valence-electron chi connectivity index (χ0n) is 8.43. The van der Waals surface area contributed by atoms with E-state index >= 15 is 0 Å². The molecule has 13 heavy (non-hydrogen) atoms. The summed E-state index contributed by atoms with van der Waals surface area (Å²) in [7, 11) is 2.04.